The number of hydroxylamine groups is 2. The van der Waals surface area contributed by atoms with Gasteiger partial charge >= 0.3 is 0 Å². The molecule has 0 aromatic carbocycles. The number of hydrogen-bond acceptors (Lipinski definition) is 5. The van der Waals surface area contributed by atoms with Gasteiger partial charge in [-0.3, -0.25) is 14.8 Å². The van der Waals surface area contributed by atoms with Gasteiger partial charge in [0.15, 0.2) is 5.82 Å². The maximum Gasteiger partial charge on any atom is 0.233 e. The van der Waals surface area contributed by atoms with Crippen LogP contribution in [0.3, 0.4) is 0 Å². The second kappa shape index (κ2) is 10.1. The van der Waals surface area contributed by atoms with Crippen molar-refractivity contribution in [3.05, 3.63) is 23.0 Å². The van der Waals surface area contributed by atoms with Gasteiger partial charge in [-0.2, -0.15) is 0 Å². The van der Waals surface area contributed by atoms with Crippen LogP contribution in [0, 0.1) is 30.5 Å². The van der Waals surface area contributed by atoms with Crippen LogP contribution in [0.4, 0.5) is 4.39 Å². The largest absolute Gasteiger partial charge is 0.350 e. The second-order valence-electron chi connectivity index (χ2n) is 8.51. The van der Waals surface area contributed by atoms with E-state index in [9.17, 15) is 19.2 Å². The highest BCUT2D eigenvalue weighted by Crippen LogP contribution is 2.31. The fourth-order valence-electron chi connectivity index (χ4n) is 4.40. The van der Waals surface area contributed by atoms with Crippen LogP contribution >= 0.6 is 0 Å². The minimum absolute atomic E-state index is 0.0284. The SMILES string of the molecule is Cc1nc(CNC(=O)[C@H](CC2CCCC2)CN(O)C=O)c(F)c(CC2CCC2)n1. The Morgan fingerprint density at radius 1 is 1.21 bits per heavy atom. The Bertz CT molecular complexity index is 720. The molecule has 0 unspecified atom stereocenters. The molecule has 7 nitrogen and oxygen atoms in total. The van der Waals surface area contributed by atoms with Gasteiger partial charge in [0, 0.05) is 0 Å². The van der Waals surface area contributed by atoms with Gasteiger partial charge < -0.3 is 5.32 Å². The normalized spacial score (nSPS) is 18.3. The molecule has 0 spiro atoms. The van der Waals surface area contributed by atoms with Crippen molar-refractivity contribution in [2.75, 3.05) is 6.54 Å². The fraction of sp³-hybridized carbons (Fsp3) is 0.714. The van der Waals surface area contributed by atoms with E-state index in [0.717, 1.165) is 38.5 Å². The predicted octanol–water partition coefficient (Wildman–Crippen LogP) is 2.93. The van der Waals surface area contributed by atoms with Gasteiger partial charge in [-0.15, -0.1) is 0 Å². The van der Waals surface area contributed by atoms with Crippen LogP contribution in [-0.2, 0) is 22.6 Å². The van der Waals surface area contributed by atoms with E-state index in [1.54, 1.807) is 6.92 Å². The first kappa shape index (κ1) is 21.6. The third-order valence-corrected chi connectivity index (χ3v) is 6.23. The molecule has 2 saturated carbocycles. The smallest absolute Gasteiger partial charge is 0.233 e. The van der Waals surface area contributed by atoms with Crippen LogP contribution in [-0.4, -0.2) is 39.1 Å². The van der Waals surface area contributed by atoms with E-state index in [2.05, 4.69) is 15.3 Å². The Hall–Kier alpha value is -2.09. The number of amides is 2. The minimum atomic E-state index is -0.534. The molecule has 2 N–H and O–H groups in total. The Morgan fingerprint density at radius 2 is 1.86 bits per heavy atom. The number of halogens is 1. The molecule has 1 aromatic heterocycles. The van der Waals surface area contributed by atoms with Gasteiger partial charge in [-0.1, -0.05) is 44.9 Å². The Balaban J connectivity index is 1.63. The molecule has 8 heteroatoms. The van der Waals surface area contributed by atoms with Crippen LogP contribution < -0.4 is 5.32 Å². The number of nitrogens with one attached hydrogen (secondary N) is 1. The van der Waals surface area contributed by atoms with Crippen LogP contribution in [0.25, 0.3) is 0 Å². The van der Waals surface area contributed by atoms with Crippen molar-refractivity contribution in [3.8, 4) is 0 Å². The molecule has 160 valence electrons. The van der Waals surface area contributed by atoms with E-state index in [-0.39, 0.29) is 24.7 Å². The predicted molar refractivity (Wildman–Crippen MR) is 104 cm³/mol. The van der Waals surface area contributed by atoms with Gasteiger partial charge in [0.1, 0.15) is 5.82 Å². The molecule has 2 fully saturated rings. The average Bonchev–Trinajstić information content (AvgIpc) is 3.17. The zero-order valence-corrected chi connectivity index (χ0v) is 17.1. The third-order valence-electron chi connectivity index (χ3n) is 6.23. The molecule has 29 heavy (non-hydrogen) atoms. The monoisotopic (exact) mass is 406 g/mol. The molecule has 0 radical (unpaired) electrons. The first-order valence-electron chi connectivity index (χ1n) is 10.7. The van der Waals surface area contributed by atoms with Gasteiger partial charge in [-0.25, -0.2) is 19.4 Å². The number of carbonyl (C=O) groups is 2. The molecular formula is C21H31FN4O3. The highest BCUT2D eigenvalue weighted by atomic mass is 19.1. The first-order valence-corrected chi connectivity index (χ1v) is 10.7. The van der Waals surface area contributed by atoms with Crippen LogP contribution in [0.15, 0.2) is 0 Å². The molecule has 1 atom stereocenters. The number of nitrogens with zero attached hydrogens (tertiary/aromatic N) is 3. The summed E-state index contributed by atoms with van der Waals surface area (Å²) in [5.74, 6) is 0.123. The van der Waals surface area contributed by atoms with Crippen molar-refractivity contribution in [1.29, 1.82) is 0 Å². The Kier molecular flexibility index (Phi) is 7.52. The zero-order valence-electron chi connectivity index (χ0n) is 17.1. The van der Waals surface area contributed by atoms with Crippen molar-refractivity contribution in [2.45, 2.75) is 71.3 Å². The van der Waals surface area contributed by atoms with Crippen molar-refractivity contribution >= 4 is 12.3 Å². The number of carbonyl (C=O) groups excluding carboxylic acids is 2. The van der Waals surface area contributed by atoms with Crippen LogP contribution in [0.2, 0.25) is 0 Å². The fourth-order valence-corrected chi connectivity index (χ4v) is 4.40. The van der Waals surface area contributed by atoms with E-state index in [1.165, 1.54) is 6.42 Å². The van der Waals surface area contributed by atoms with E-state index < -0.39 is 11.7 Å². The third kappa shape index (κ3) is 5.95. The first-order chi connectivity index (χ1) is 14.0. The average molecular weight is 407 g/mol. The molecule has 2 aliphatic rings. The molecule has 1 aromatic rings. The molecule has 2 aliphatic carbocycles. The summed E-state index contributed by atoms with van der Waals surface area (Å²) in [6.45, 7) is 1.63. The summed E-state index contributed by atoms with van der Waals surface area (Å²) in [7, 11) is 0. The van der Waals surface area contributed by atoms with E-state index in [4.69, 9.17) is 0 Å². The van der Waals surface area contributed by atoms with Gasteiger partial charge in [-0.05, 0) is 31.6 Å². The summed E-state index contributed by atoms with van der Waals surface area (Å²) < 4.78 is 14.8. The Morgan fingerprint density at radius 3 is 2.48 bits per heavy atom. The van der Waals surface area contributed by atoms with E-state index >= 15 is 0 Å². The zero-order chi connectivity index (χ0) is 20.8. The lowest BCUT2D eigenvalue weighted by atomic mass is 9.82. The minimum Gasteiger partial charge on any atom is -0.350 e. The maximum atomic E-state index is 14.8. The number of rotatable bonds is 10. The lowest BCUT2D eigenvalue weighted by molar-refractivity contribution is -0.155. The molecule has 2 amide bonds. The van der Waals surface area contributed by atoms with E-state index in [1.807, 2.05) is 0 Å². The van der Waals surface area contributed by atoms with Crippen molar-refractivity contribution in [1.82, 2.24) is 20.3 Å². The summed E-state index contributed by atoms with van der Waals surface area (Å²) in [6.07, 6.45) is 9.31. The van der Waals surface area contributed by atoms with E-state index in [0.29, 0.717) is 47.7 Å². The summed E-state index contributed by atoms with van der Waals surface area (Å²) in [5, 5.41) is 12.8. The number of aryl methyl sites for hydroxylation is 1. The number of hydrogen-bond donors (Lipinski definition) is 2. The van der Waals surface area contributed by atoms with Crippen molar-refractivity contribution < 1.29 is 19.2 Å². The van der Waals surface area contributed by atoms with Crippen LogP contribution in [0.1, 0.15) is 68.6 Å². The van der Waals surface area contributed by atoms with Gasteiger partial charge in [0.05, 0.1) is 30.4 Å². The van der Waals surface area contributed by atoms with Crippen molar-refractivity contribution in [2.24, 2.45) is 17.8 Å². The standard InChI is InChI=1S/C21H31FN4O3/c1-14-24-18(10-16-7-4-8-16)20(22)19(25-14)11-23-21(28)17(12-26(29)13-27)9-15-5-2-3-6-15/h13,15-17,29H,2-12H2,1H3,(H,23,28)/t17-/m1/s1. The highest BCUT2D eigenvalue weighted by Gasteiger charge is 2.27. The van der Waals surface area contributed by atoms with Gasteiger partial charge in [0.2, 0.25) is 12.3 Å². The second-order valence-corrected chi connectivity index (χ2v) is 8.51. The highest BCUT2D eigenvalue weighted by molar-refractivity contribution is 5.79. The van der Waals surface area contributed by atoms with Gasteiger partial charge in [0.25, 0.3) is 0 Å². The topological polar surface area (TPSA) is 95.4 Å². The van der Waals surface area contributed by atoms with Crippen LogP contribution in [0.5, 0.6) is 0 Å². The lowest BCUT2D eigenvalue weighted by Crippen LogP contribution is -2.38. The summed E-state index contributed by atoms with van der Waals surface area (Å²) >= 11 is 0. The summed E-state index contributed by atoms with van der Waals surface area (Å²) in [5.41, 5.74) is 0.618. The quantitative estimate of drug-likeness (QED) is 0.354. The molecule has 1 heterocycles. The maximum absolute atomic E-state index is 14.8. The summed E-state index contributed by atoms with van der Waals surface area (Å²) in [4.78, 5) is 32.0. The van der Waals surface area contributed by atoms with Crippen molar-refractivity contribution in [3.63, 3.8) is 0 Å². The molecule has 3 rings (SSSR count). The number of aromatic nitrogens is 2. The molecule has 0 aliphatic heterocycles. The molecular weight excluding hydrogens is 375 g/mol. The molecule has 0 saturated heterocycles. The lowest BCUT2D eigenvalue weighted by Gasteiger charge is -2.25. The summed E-state index contributed by atoms with van der Waals surface area (Å²) in [6, 6.07) is 0. The Labute approximate surface area is 171 Å². The molecule has 0 bridgehead atoms.